The zero-order valence-electron chi connectivity index (χ0n) is 9.99. The molecule has 0 aromatic heterocycles. The van der Waals surface area contributed by atoms with Crippen molar-refractivity contribution in [2.75, 3.05) is 6.61 Å². The van der Waals surface area contributed by atoms with E-state index in [0.29, 0.717) is 12.2 Å². The highest BCUT2D eigenvalue weighted by atomic mass is 16.5. The van der Waals surface area contributed by atoms with Crippen molar-refractivity contribution in [1.29, 1.82) is 0 Å². The second kappa shape index (κ2) is 6.07. The highest BCUT2D eigenvalue weighted by molar-refractivity contribution is 5.31. The monoisotopic (exact) mass is 244 g/mol. The van der Waals surface area contributed by atoms with Crippen LogP contribution in [0, 0.1) is 0 Å². The Kier molecular flexibility index (Phi) is 4.20. The first-order valence-electron chi connectivity index (χ1n) is 5.88. The topological polar surface area (TPSA) is 49.7 Å². The van der Waals surface area contributed by atoms with Gasteiger partial charge in [-0.3, -0.25) is 0 Å². The van der Waals surface area contributed by atoms with Crippen LogP contribution >= 0.6 is 0 Å². The van der Waals surface area contributed by atoms with Crippen LogP contribution < -0.4 is 4.74 Å². The molecule has 3 heteroatoms. The Morgan fingerprint density at radius 1 is 1.00 bits per heavy atom. The van der Waals surface area contributed by atoms with Crippen molar-refractivity contribution >= 4 is 0 Å². The molecule has 0 saturated heterocycles. The fourth-order valence-corrected chi connectivity index (χ4v) is 1.71. The molecule has 0 saturated carbocycles. The Labute approximate surface area is 106 Å². The number of benzene rings is 2. The van der Waals surface area contributed by atoms with Gasteiger partial charge in [0, 0.05) is 12.5 Å². The van der Waals surface area contributed by atoms with Crippen LogP contribution in [0.25, 0.3) is 0 Å². The highest BCUT2D eigenvalue weighted by Gasteiger charge is 2.06. The number of phenols is 1. The van der Waals surface area contributed by atoms with Gasteiger partial charge in [-0.25, -0.2) is 0 Å². The van der Waals surface area contributed by atoms with Crippen molar-refractivity contribution < 1.29 is 14.9 Å². The van der Waals surface area contributed by atoms with Crippen molar-refractivity contribution in [3.05, 3.63) is 60.2 Å². The third-order valence-electron chi connectivity index (χ3n) is 2.57. The van der Waals surface area contributed by atoms with Crippen LogP contribution in [-0.2, 0) is 6.42 Å². The minimum absolute atomic E-state index is 0.157. The average Bonchev–Trinajstić information content (AvgIpc) is 2.38. The van der Waals surface area contributed by atoms with Crippen molar-refractivity contribution in [1.82, 2.24) is 0 Å². The van der Waals surface area contributed by atoms with E-state index in [1.807, 2.05) is 30.3 Å². The van der Waals surface area contributed by atoms with Gasteiger partial charge in [0.15, 0.2) is 0 Å². The standard InChI is InChI=1S/C15H16O3/c16-13-7-4-8-15(10-13)18-11-14(17)9-12-5-2-1-3-6-12/h1-8,10,14,16-17H,9,11H2. The van der Waals surface area contributed by atoms with E-state index in [1.165, 1.54) is 6.07 Å². The van der Waals surface area contributed by atoms with E-state index < -0.39 is 6.10 Å². The number of hydrogen-bond donors (Lipinski definition) is 2. The first-order valence-corrected chi connectivity index (χ1v) is 5.88. The summed E-state index contributed by atoms with van der Waals surface area (Å²) in [6.45, 7) is 0.207. The lowest BCUT2D eigenvalue weighted by atomic mass is 10.1. The van der Waals surface area contributed by atoms with Crippen LogP contribution in [-0.4, -0.2) is 22.9 Å². The first kappa shape index (κ1) is 12.5. The molecule has 1 unspecified atom stereocenters. The van der Waals surface area contributed by atoms with E-state index in [0.717, 1.165) is 5.56 Å². The molecular formula is C15H16O3. The van der Waals surface area contributed by atoms with Crippen LogP contribution in [0.15, 0.2) is 54.6 Å². The largest absolute Gasteiger partial charge is 0.508 e. The van der Waals surface area contributed by atoms with Crippen molar-refractivity contribution in [2.45, 2.75) is 12.5 Å². The average molecular weight is 244 g/mol. The van der Waals surface area contributed by atoms with Gasteiger partial charge in [-0.1, -0.05) is 36.4 Å². The highest BCUT2D eigenvalue weighted by Crippen LogP contribution is 2.18. The van der Waals surface area contributed by atoms with E-state index in [9.17, 15) is 10.2 Å². The zero-order valence-corrected chi connectivity index (χ0v) is 9.99. The minimum Gasteiger partial charge on any atom is -0.508 e. The van der Waals surface area contributed by atoms with Gasteiger partial charge in [-0.2, -0.15) is 0 Å². The van der Waals surface area contributed by atoms with Gasteiger partial charge in [0.2, 0.25) is 0 Å². The van der Waals surface area contributed by atoms with E-state index in [1.54, 1.807) is 18.2 Å². The third-order valence-corrected chi connectivity index (χ3v) is 2.57. The molecule has 94 valence electrons. The smallest absolute Gasteiger partial charge is 0.123 e. The Balaban J connectivity index is 1.83. The lowest BCUT2D eigenvalue weighted by Gasteiger charge is -2.12. The summed E-state index contributed by atoms with van der Waals surface area (Å²) < 4.78 is 5.41. The van der Waals surface area contributed by atoms with Crippen LogP contribution in [0.3, 0.4) is 0 Å². The molecule has 2 N–H and O–H groups in total. The van der Waals surface area contributed by atoms with Crippen LogP contribution in [0.1, 0.15) is 5.56 Å². The number of aromatic hydroxyl groups is 1. The Morgan fingerprint density at radius 3 is 2.50 bits per heavy atom. The molecule has 0 aliphatic heterocycles. The van der Waals surface area contributed by atoms with Gasteiger partial charge in [-0.15, -0.1) is 0 Å². The van der Waals surface area contributed by atoms with Crippen LogP contribution in [0.2, 0.25) is 0 Å². The maximum Gasteiger partial charge on any atom is 0.123 e. The molecule has 2 aromatic rings. The maximum absolute atomic E-state index is 9.85. The van der Waals surface area contributed by atoms with Crippen molar-refractivity contribution in [3.8, 4) is 11.5 Å². The molecule has 0 amide bonds. The summed E-state index contributed by atoms with van der Waals surface area (Å²) in [6, 6.07) is 16.3. The van der Waals surface area contributed by atoms with Gasteiger partial charge >= 0.3 is 0 Å². The van der Waals surface area contributed by atoms with E-state index >= 15 is 0 Å². The number of ether oxygens (including phenoxy) is 1. The van der Waals surface area contributed by atoms with E-state index in [4.69, 9.17) is 4.74 Å². The summed E-state index contributed by atoms with van der Waals surface area (Å²) >= 11 is 0. The molecule has 0 aliphatic rings. The summed E-state index contributed by atoms with van der Waals surface area (Å²) in [5.74, 6) is 0.715. The first-order chi connectivity index (χ1) is 8.74. The van der Waals surface area contributed by atoms with E-state index in [-0.39, 0.29) is 12.4 Å². The second-order valence-corrected chi connectivity index (χ2v) is 4.15. The molecule has 2 rings (SSSR count). The van der Waals surface area contributed by atoms with Gasteiger partial charge in [0.1, 0.15) is 18.1 Å². The Bertz CT molecular complexity index is 482. The fraction of sp³-hybridized carbons (Fsp3) is 0.200. The number of aliphatic hydroxyl groups excluding tert-OH is 1. The maximum atomic E-state index is 9.85. The molecule has 3 nitrogen and oxygen atoms in total. The summed E-state index contributed by atoms with van der Waals surface area (Å²) in [7, 11) is 0. The van der Waals surface area contributed by atoms with Crippen molar-refractivity contribution in [3.63, 3.8) is 0 Å². The quantitative estimate of drug-likeness (QED) is 0.849. The number of rotatable bonds is 5. The van der Waals surface area contributed by atoms with Crippen molar-refractivity contribution in [2.24, 2.45) is 0 Å². The number of aliphatic hydroxyl groups is 1. The summed E-state index contributed by atoms with van der Waals surface area (Å²) in [4.78, 5) is 0. The number of phenolic OH excluding ortho intramolecular Hbond substituents is 1. The lowest BCUT2D eigenvalue weighted by Crippen LogP contribution is -2.20. The molecule has 0 spiro atoms. The Morgan fingerprint density at radius 2 is 1.78 bits per heavy atom. The molecule has 0 fully saturated rings. The second-order valence-electron chi connectivity index (χ2n) is 4.15. The summed E-state index contributed by atoms with van der Waals surface area (Å²) in [5.41, 5.74) is 1.07. The fourth-order valence-electron chi connectivity index (χ4n) is 1.71. The molecular weight excluding hydrogens is 228 g/mol. The summed E-state index contributed by atoms with van der Waals surface area (Å²) in [5, 5.41) is 19.1. The Hall–Kier alpha value is -2.00. The van der Waals surface area contributed by atoms with Crippen LogP contribution in [0.4, 0.5) is 0 Å². The summed E-state index contributed by atoms with van der Waals surface area (Å²) in [6.07, 6.45) is -0.00520. The molecule has 0 radical (unpaired) electrons. The molecule has 1 atom stereocenters. The van der Waals surface area contributed by atoms with Gasteiger partial charge < -0.3 is 14.9 Å². The normalized spacial score (nSPS) is 12.1. The van der Waals surface area contributed by atoms with Gasteiger partial charge in [-0.05, 0) is 17.7 Å². The predicted molar refractivity (Wildman–Crippen MR) is 69.8 cm³/mol. The molecule has 18 heavy (non-hydrogen) atoms. The zero-order chi connectivity index (χ0) is 12.8. The molecule has 2 aromatic carbocycles. The third kappa shape index (κ3) is 3.79. The predicted octanol–water partition coefficient (Wildman–Crippen LogP) is 2.37. The van der Waals surface area contributed by atoms with Gasteiger partial charge in [0.25, 0.3) is 0 Å². The molecule has 0 bridgehead atoms. The SMILES string of the molecule is Oc1cccc(OCC(O)Cc2ccccc2)c1. The minimum atomic E-state index is -0.560. The molecule has 0 aliphatic carbocycles. The van der Waals surface area contributed by atoms with E-state index in [2.05, 4.69) is 0 Å². The molecule has 0 heterocycles. The lowest BCUT2D eigenvalue weighted by molar-refractivity contribution is 0.107. The van der Waals surface area contributed by atoms with Crippen LogP contribution in [0.5, 0.6) is 11.5 Å². The number of hydrogen-bond acceptors (Lipinski definition) is 3. The van der Waals surface area contributed by atoms with Gasteiger partial charge in [0.05, 0.1) is 6.10 Å².